The number of ketones is 1. The van der Waals surface area contributed by atoms with Crippen molar-refractivity contribution in [1.29, 1.82) is 0 Å². The van der Waals surface area contributed by atoms with E-state index >= 15 is 0 Å². The lowest BCUT2D eigenvalue weighted by Gasteiger charge is -2.22. The van der Waals surface area contributed by atoms with Crippen LogP contribution < -0.4 is 0 Å². The maximum Gasteiger partial charge on any atom is 0.698 e. The van der Waals surface area contributed by atoms with Crippen LogP contribution in [0.3, 0.4) is 0 Å². The molecule has 4 nitrogen and oxygen atoms in total. The molecule has 0 amide bonds. The summed E-state index contributed by atoms with van der Waals surface area (Å²) in [4.78, 5) is 13.4. The molecule has 2 atom stereocenters. The Bertz CT molecular complexity index is 799. The molecule has 0 saturated carbocycles. The van der Waals surface area contributed by atoms with Crippen molar-refractivity contribution in [2.45, 2.75) is 53.1 Å². The van der Waals surface area contributed by atoms with Crippen LogP contribution in [0.4, 0.5) is 0 Å². The highest BCUT2D eigenvalue weighted by Crippen LogP contribution is 2.37. The van der Waals surface area contributed by atoms with Crippen molar-refractivity contribution in [2.24, 2.45) is 0 Å². The molecule has 0 N–H and O–H groups in total. The normalized spacial score (nSPS) is 13.3. The number of hydrogen-bond acceptors (Lipinski definition) is 4. The number of aryl methyl sites for hydroxylation is 2. The van der Waals surface area contributed by atoms with Gasteiger partial charge in [0.05, 0.1) is 0 Å². The second-order valence-corrected chi connectivity index (χ2v) is 8.55. The summed E-state index contributed by atoms with van der Waals surface area (Å²) in [5.74, 6) is -0.209. The van der Waals surface area contributed by atoms with Crippen LogP contribution in [0.15, 0.2) is 42.5 Å². The smallest absolute Gasteiger partial charge is 0.291 e. The molecule has 0 aliphatic rings. The van der Waals surface area contributed by atoms with Gasteiger partial charge in [0.1, 0.15) is 6.61 Å². The van der Waals surface area contributed by atoms with Crippen LogP contribution in [0.2, 0.25) is 0 Å². The van der Waals surface area contributed by atoms with Gasteiger partial charge in [-0.15, -0.1) is 9.05 Å². The van der Waals surface area contributed by atoms with E-state index < -0.39 is 14.4 Å². The molecule has 0 aromatic heterocycles. The molecule has 2 rings (SSSR count). The van der Waals surface area contributed by atoms with Gasteiger partial charge in [0.25, 0.3) is 0 Å². The van der Waals surface area contributed by atoms with E-state index in [0.717, 1.165) is 11.1 Å². The topological polar surface area (TPSA) is 52.6 Å². The lowest BCUT2D eigenvalue weighted by molar-refractivity contribution is 0.0767. The second kappa shape index (κ2) is 8.88. The van der Waals surface area contributed by atoms with Crippen molar-refractivity contribution in [3.63, 3.8) is 0 Å². The summed E-state index contributed by atoms with van der Waals surface area (Å²) in [7, 11) is -2.38. The maximum absolute atomic E-state index is 13.4. The van der Waals surface area contributed by atoms with Crippen LogP contribution in [-0.2, 0) is 19.0 Å². The minimum Gasteiger partial charge on any atom is -0.291 e. The summed E-state index contributed by atoms with van der Waals surface area (Å²) in [5.41, 5.74) is 4.21. The third-order valence-corrected chi connectivity index (χ3v) is 5.26. The van der Waals surface area contributed by atoms with Gasteiger partial charge in [-0.3, -0.25) is 4.79 Å². The maximum atomic E-state index is 13.4. The Morgan fingerprint density at radius 1 is 1.07 bits per heavy atom. The lowest BCUT2D eigenvalue weighted by atomic mass is 9.82. The number of carbonyl (C=O) groups excluding carboxylic acids is 1. The van der Waals surface area contributed by atoms with Gasteiger partial charge in [0, 0.05) is 10.1 Å². The molecule has 0 fully saturated rings. The average Bonchev–Trinajstić information content (AvgIpc) is 2.59. The number of rotatable bonds is 7. The summed E-state index contributed by atoms with van der Waals surface area (Å²) >= 11 is 0. The number of Topliss-reactive ketones (excluding diaryl/α,β-unsaturated/α-hetero) is 1. The van der Waals surface area contributed by atoms with Gasteiger partial charge in [-0.2, -0.15) is 0 Å². The molecular formula is C22H28O4P+. The Morgan fingerprint density at radius 3 is 2.11 bits per heavy atom. The average molecular weight is 387 g/mol. The van der Waals surface area contributed by atoms with E-state index in [9.17, 15) is 9.36 Å². The Balaban J connectivity index is 2.48. The molecule has 27 heavy (non-hydrogen) atoms. The summed E-state index contributed by atoms with van der Waals surface area (Å²) < 4.78 is 22.6. The molecule has 0 bridgehead atoms. The van der Waals surface area contributed by atoms with Crippen molar-refractivity contribution in [3.05, 3.63) is 70.3 Å². The quantitative estimate of drug-likeness (QED) is 0.417. The molecule has 2 aromatic rings. The first-order valence-electron chi connectivity index (χ1n) is 9.13. The first-order chi connectivity index (χ1) is 12.6. The molecule has 0 aliphatic heterocycles. The zero-order chi connectivity index (χ0) is 20.2. The molecule has 0 saturated heterocycles. The first-order valence-corrected chi connectivity index (χ1v) is 10.2. The van der Waals surface area contributed by atoms with E-state index in [1.54, 1.807) is 19.1 Å². The van der Waals surface area contributed by atoms with Crippen LogP contribution in [-0.4, -0.2) is 12.4 Å². The zero-order valence-corrected chi connectivity index (χ0v) is 17.8. The molecule has 2 unspecified atom stereocenters. The third kappa shape index (κ3) is 5.32. The predicted octanol–water partition coefficient (Wildman–Crippen LogP) is 6.24. The van der Waals surface area contributed by atoms with Crippen LogP contribution in [0.1, 0.15) is 66.4 Å². The van der Waals surface area contributed by atoms with Gasteiger partial charge in [0.15, 0.2) is 0 Å². The molecule has 0 aliphatic carbocycles. The van der Waals surface area contributed by atoms with Crippen LogP contribution in [0, 0.1) is 13.8 Å². The largest absolute Gasteiger partial charge is 0.698 e. The van der Waals surface area contributed by atoms with Crippen LogP contribution >= 0.6 is 8.25 Å². The molecule has 144 valence electrons. The third-order valence-electron chi connectivity index (χ3n) is 4.41. The summed E-state index contributed by atoms with van der Waals surface area (Å²) in [6.45, 7) is 12.3. The fourth-order valence-electron chi connectivity index (χ4n) is 3.03. The van der Waals surface area contributed by atoms with Gasteiger partial charge in [-0.25, -0.2) is 0 Å². The highest BCUT2D eigenvalue weighted by atomic mass is 31.1. The number of carbonyl (C=O) groups is 1. The van der Waals surface area contributed by atoms with Crippen molar-refractivity contribution >= 4 is 14.0 Å². The van der Waals surface area contributed by atoms with Gasteiger partial charge in [-0.05, 0) is 48.4 Å². The van der Waals surface area contributed by atoms with Crippen molar-refractivity contribution in [1.82, 2.24) is 0 Å². The molecule has 0 spiro atoms. The highest BCUT2D eigenvalue weighted by Gasteiger charge is 2.35. The fraction of sp³-hybridized carbons (Fsp3) is 0.409. The van der Waals surface area contributed by atoms with E-state index in [4.69, 9.17) is 9.05 Å². The summed E-state index contributed by atoms with van der Waals surface area (Å²) in [6, 6.07) is 13.2. The van der Waals surface area contributed by atoms with E-state index in [2.05, 4.69) is 20.8 Å². The summed E-state index contributed by atoms with van der Waals surface area (Å²) in [5, 5.41) is 0. The van der Waals surface area contributed by atoms with Crippen molar-refractivity contribution < 1.29 is 18.4 Å². The Labute approximate surface area is 162 Å². The second-order valence-electron chi connectivity index (χ2n) is 7.64. The molecule has 2 aromatic carbocycles. The van der Waals surface area contributed by atoms with E-state index in [-0.39, 0.29) is 17.8 Å². The standard InChI is InChI=1S/C22H28O4P/c1-7-25-27(24)26-21(17-11-9-8-10-12-17)20(23)19-15(2)13-18(14-16(19)3)22(4,5)6/h8-14,21H,7H2,1-6H3/q+1. The van der Waals surface area contributed by atoms with Gasteiger partial charge >= 0.3 is 8.25 Å². The summed E-state index contributed by atoms with van der Waals surface area (Å²) in [6.07, 6.45) is -0.973. The lowest BCUT2D eigenvalue weighted by Crippen LogP contribution is -2.19. The van der Waals surface area contributed by atoms with E-state index in [0.29, 0.717) is 11.1 Å². The van der Waals surface area contributed by atoms with Crippen LogP contribution in [0.5, 0.6) is 0 Å². The predicted molar refractivity (Wildman–Crippen MR) is 108 cm³/mol. The minimum atomic E-state index is -2.38. The highest BCUT2D eigenvalue weighted by molar-refractivity contribution is 7.33. The molecular weight excluding hydrogens is 359 g/mol. The fourth-order valence-corrected chi connectivity index (χ4v) is 3.69. The molecule has 5 heteroatoms. The number of benzene rings is 2. The van der Waals surface area contributed by atoms with Crippen molar-refractivity contribution in [2.75, 3.05) is 6.61 Å². The van der Waals surface area contributed by atoms with Gasteiger partial charge in [-0.1, -0.05) is 63.2 Å². The van der Waals surface area contributed by atoms with Crippen molar-refractivity contribution in [3.8, 4) is 0 Å². The van der Waals surface area contributed by atoms with E-state index in [1.165, 1.54) is 5.56 Å². The Morgan fingerprint density at radius 2 is 1.63 bits per heavy atom. The monoisotopic (exact) mass is 387 g/mol. The van der Waals surface area contributed by atoms with E-state index in [1.807, 2.05) is 44.2 Å². The minimum absolute atomic E-state index is 0.00919. The Hall–Kier alpha value is -1.87. The van der Waals surface area contributed by atoms with Gasteiger partial charge in [0.2, 0.25) is 11.9 Å². The van der Waals surface area contributed by atoms with Gasteiger partial charge < -0.3 is 0 Å². The first kappa shape index (κ1) is 21.4. The molecule has 0 radical (unpaired) electrons. The number of hydrogen-bond donors (Lipinski definition) is 0. The Kier molecular flexibility index (Phi) is 7.05. The SMILES string of the molecule is CCO[P+](=O)OC(C(=O)c1c(C)cc(C(C)(C)C)cc1C)c1ccccc1. The molecule has 0 heterocycles. The zero-order valence-electron chi connectivity index (χ0n) is 16.9. The van der Waals surface area contributed by atoms with Crippen LogP contribution in [0.25, 0.3) is 0 Å².